The minimum absolute atomic E-state index is 0.114. The van der Waals surface area contributed by atoms with Crippen molar-refractivity contribution in [3.63, 3.8) is 0 Å². The van der Waals surface area contributed by atoms with Crippen molar-refractivity contribution < 1.29 is 18.7 Å². The fourth-order valence-corrected chi connectivity index (χ4v) is 1.99. The summed E-state index contributed by atoms with van der Waals surface area (Å²) in [7, 11) is 1.47. The summed E-state index contributed by atoms with van der Waals surface area (Å²) in [4.78, 5) is 13.4. The van der Waals surface area contributed by atoms with Gasteiger partial charge in [0, 0.05) is 13.6 Å². The maximum absolute atomic E-state index is 13.9. The smallest absolute Gasteiger partial charge is 0.259 e. The number of amides is 1. The molecule has 5 heteroatoms. The third-order valence-corrected chi connectivity index (χ3v) is 3.20. The predicted molar refractivity (Wildman–Crippen MR) is 75.0 cm³/mol. The van der Waals surface area contributed by atoms with Gasteiger partial charge in [0.05, 0.1) is 0 Å². The van der Waals surface area contributed by atoms with E-state index in [0.29, 0.717) is 0 Å². The third-order valence-electron chi connectivity index (χ3n) is 3.20. The first-order chi connectivity index (χ1) is 9.90. The second kappa shape index (κ2) is 5.91. The molecule has 21 heavy (non-hydrogen) atoms. The van der Waals surface area contributed by atoms with E-state index in [9.17, 15) is 18.7 Å². The van der Waals surface area contributed by atoms with Gasteiger partial charge in [-0.3, -0.25) is 4.79 Å². The van der Waals surface area contributed by atoms with Crippen LogP contribution in [0.1, 0.15) is 21.5 Å². The summed E-state index contributed by atoms with van der Waals surface area (Å²) >= 11 is 0. The molecule has 2 aromatic carbocycles. The summed E-state index contributed by atoms with van der Waals surface area (Å²) in [6.07, 6.45) is 0. The Bertz CT molecular complexity index is 669. The van der Waals surface area contributed by atoms with E-state index in [1.165, 1.54) is 37.1 Å². The van der Waals surface area contributed by atoms with E-state index in [0.717, 1.165) is 11.6 Å². The van der Waals surface area contributed by atoms with Gasteiger partial charge in [0.25, 0.3) is 5.91 Å². The zero-order valence-corrected chi connectivity index (χ0v) is 11.7. The molecule has 2 aromatic rings. The van der Waals surface area contributed by atoms with Crippen molar-refractivity contribution in [3.8, 4) is 5.75 Å². The number of aryl methyl sites for hydroxylation is 1. The van der Waals surface area contributed by atoms with Crippen LogP contribution in [0, 0.1) is 18.6 Å². The average molecular weight is 291 g/mol. The molecule has 0 aliphatic heterocycles. The number of hydrogen-bond donors (Lipinski definition) is 1. The molecule has 0 fully saturated rings. The molecule has 0 aromatic heterocycles. The Hall–Kier alpha value is -2.43. The molecule has 0 unspecified atom stereocenters. The lowest BCUT2D eigenvalue weighted by atomic mass is 10.1. The number of aromatic hydroxyl groups is 1. The molecule has 3 nitrogen and oxygen atoms in total. The van der Waals surface area contributed by atoms with Crippen molar-refractivity contribution in [2.24, 2.45) is 0 Å². The molecule has 2 rings (SSSR count). The highest BCUT2D eigenvalue weighted by molar-refractivity contribution is 5.94. The summed E-state index contributed by atoms with van der Waals surface area (Å²) in [6.45, 7) is 1.66. The van der Waals surface area contributed by atoms with E-state index in [1.54, 1.807) is 12.1 Å². The summed E-state index contributed by atoms with van der Waals surface area (Å²) in [5.41, 5.74) is 0.422. The average Bonchev–Trinajstić information content (AvgIpc) is 2.45. The predicted octanol–water partition coefficient (Wildman–Crippen LogP) is 3.25. The number of phenols is 1. The van der Waals surface area contributed by atoms with E-state index in [4.69, 9.17) is 0 Å². The first-order valence-electron chi connectivity index (χ1n) is 6.38. The lowest BCUT2D eigenvalue weighted by Gasteiger charge is -2.18. The third kappa shape index (κ3) is 3.18. The molecule has 0 saturated carbocycles. The number of benzene rings is 2. The zero-order valence-electron chi connectivity index (χ0n) is 11.7. The maximum atomic E-state index is 13.9. The van der Waals surface area contributed by atoms with Gasteiger partial charge in [-0.2, -0.15) is 0 Å². The van der Waals surface area contributed by atoms with Crippen LogP contribution in [0.2, 0.25) is 0 Å². The number of halogens is 2. The highest BCUT2D eigenvalue weighted by atomic mass is 19.1. The number of rotatable bonds is 3. The molecular weight excluding hydrogens is 276 g/mol. The van der Waals surface area contributed by atoms with Crippen LogP contribution in [0.15, 0.2) is 36.4 Å². The molecule has 0 atom stereocenters. The minimum atomic E-state index is -0.874. The molecule has 1 N–H and O–H groups in total. The first kappa shape index (κ1) is 15.0. The Morgan fingerprint density at radius 2 is 1.76 bits per heavy atom. The van der Waals surface area contributed by atoms with Crippen molar-refractivity contribution in [2.75, 3.05) is 7.05 Å². The van der Waals surface area contributed by atoms with Gasteiger partial charge in [-0.25, -0.2) is 8.78 Å². The SMILES string of the molecule is Cc1ccc(F)c(C(=O)N(C)Cc2ccc(O)cc2)c1F. The molecular formula is C16H15F2NO2. The molecule has 0 aliphatic rings. The Morgan fingerprint density at radius 3 is 2.38 bits per heavy atom. The largest absolute Gasteiger partial charge is 0.508 e. The molecule has 0 aliphatic carbocycles. The van der Waals surface area contributed by atoms with Crippen molar-refractivity contribution in [1.29, 1.82) is 0 Å². The minimum Gasteiger partial charge on any atom is -0.508 e. The molecule has 0 spiro atoms. The van der Waals surface area contributed by atoms with Crippen molar-refractivity contribution in [3.05, 3.63) is 64.7 Å². The van der Waals surface area contributed by atoms with Gasteiger partial charge in [0.15, 0.2) is 0 Å². The summed E-state index contributed by atoms with van der Waals surface area (Å²) in [5.74, 6) is -2.32. The van der Waals surface area contributed by atoms with Crippen LogP contribution >= 0.6 is 0 Å². The fourth-order valence-electron chi connectivity index (χ4n) is 1.99. The van der Waals surface area contributed by atoms with Crippen LogP contribution in [0.3, 0.4) is 0 Å². The quantitative estimate of drug-likeness (QED) is 0.943. The van der Waals surface area contributed by atoms with Gasteiger partial charge in [-0.1, -0.05) is 18.2 Å². The monoisotopic (exact) mass is 291 g/mol. The Kier molecular flexibility index (Phi) is 4.21. The number of nitrogens with zero attached hydrogens (tertiary/aromatic N) is 1. The number of carbonyl (C=O) groups excluding carboxylic acids is 1. The molecule has 1 amide bonds. The van der Waals surface area contributed by atoms with Crippen LogP contribution in [-0.4, -0.2) is 23.0 Å². The van der Waals surface area contributed by atoms with E-state index < -0.39 is 23.1 Å². The first-order valence-corrected chi connectivity index (χ1v) is 6.38. The normalized spacial score (nSPS) is 10.5. The van der Waals surface area contributed by atoms with E-state index >= 15 is 0 Å². The van der Waals surface area contributed by atoms with Crippen molar-refractivity contribution in [2.45, 2.75) is 13.5 Å². The maximum Gasteiger partial charge on any atom is 0.259 e. The topological polar surface area (TPSA) is 40.5 Å². The Balaban J connectivity index is 2.24. The summed E-state index contributed by atoms with van der Waals surface area (Å²) in [5, 5.41) is 9.20. The van der Waals surface area contributed by atoms with Gasteiger partial charge in [-0.15, -0.1) is 0 Å². The molecule has 0 radical (unpaired) electrons. The Morgan fingerprint density at radius 1 is 1.14 bits per heavy atom. The molecule has 0 saturated heterocycles. The van der Waals surface area contributed by atoms with Crippen LogP contribution < -0.4 is 0 Å². The highest BCUT2D eigenvalue weighted by Gasteiger charge is 2.22. The van der Waals surface area contributed by atoms with Gasteiger partial charge < -0.3 is 10.0 Å². The van der Waals surface area contributed by atoms with Crippen LogP contribution in [-0.2, 0) is 6.54 Å². The summed E-state index contributed by atoms with van der Waals surface area (Å²) < 4.78 is 27.7. The van der Waals surface area contributed by atoms with Crippen molar-refractivity contribution in [1.82, 2.24) is 4.90 Å². The van der Waals surface area contributed by atoms with Crippen LogP contribution in [0.25, 0.3) is 0 Å². The number of hydrogen-bond acceptors (Lipinski definition) is 2. The van der Waals surface area contributed by atoms with Gasteiger partial charge in [-0.05, 0) is 36.2 Å². The second-order valence-corrected chi connectivity index (χ2v) is 4.88. The van der Waals surface area contributed by atoms with E-state index in [2.05, 4.69) is 0 Å². The molecule has 0 heterocycles. The van der Waals surface area contributed by atoms with Crippen molar-refractivity contribution >= 4 is 5.91 Å². The standard InChI is InChI=1S/C16H15F2NO2/c1-10-3-8-13(17)14(15(10)18)16(21)19(2)9-11-4-6-12(20)7-5-11/h3-8,20H,9H2,1-2H3. The van der Waals surface area contributed by atoms with Crippen LogP contribution in [0.4, 0.5) is 8.78 Å². The highest BCUT2D eigenvalue weighted by Crippen LogP contribution is 2.19. The second-order valence-electron chi connectivity index (χ2n) is 4.88. The van der Waals surface area contributed by atoms with Gasteiger partial charge >= 0.3 is 0 Å². The number of phenolic OH excluding ortho intramolecular Hbond substituents is 1. The molecule has 110 valence electrons. The van der Waals surface area contributed by atoms with E-state index in [-0.39, 0.29) is 17.9 Å². The zero-order chi connectivity index (χ0) is 15.6. The number of carbonyl (C=O) groups is 1. The van der Waals surface area contributed by atoms with E-state index in [1.807, 2.05) is 0 Å². The Labute approximate surface area is 121 Å². The summed E-state index contributed by atoms with van der Waals surface area (Å²) in [6, 6.07) is 8.63. The lowest BCUT2D eigenvalue weighted by molar-refractivity contribution is 0.0775. The van der Waals surface area contributed by atoms with Gasteiger partial charge in [0.2, 0.25) is 0 Å². The van der Waals surface area contributed by atoms with Crippen LogP contribution in [0.5, 0.6) is 5.75 Å². The van der Waals surface area contributed by atoms with Gasteiger partial charge in [0.1, 0.15) is 22.9 Å². The lowest BCUT2D eigenvalue weighted by Crippen LogP contribution is -2.28. The molecule has 0 bridgehead atoms. The fraction of sp³-hybridized carbons (Fsp3) is 0.188.